The molecule has 0 heterocycles. The van der Waals surface area contributed by atoms with Gasteiger partial charge in [-0.2, -0.15) is 0 Å². The third kappa shape index (κ3) is 2.87. The zero-order valence-electron chi connectivity index (χ0n) is 10.5. The van der Waals surface area contributed by atoms with E-state index in [9.17, 15) is 8.78 Å². The fourth-order valence-corrected chi connectivity index (χ4v) is 2.27. The Balaban J connectivity index is 2.46. The lowest BCUT2D eigenvalue weighted by molar-refractivity contribution is 0.414. The number of benzene rings is 2. The average molecular weight is 318 g/mol. The van der Waals surface area contributed by atoms with E-state index in [0.29, 0.717) is 16.3 Å². The van der Waals surface area contributed by atoms with Crippen LogP contribution in [-0.2, 0) is 0 Å². The molecule has 2 aromatic carbocycles. The van der Waals surface area contributed by atoms with E-state index in [4.69, 9.17) is 33.7 Å². The van der Waals surface area contributed by atoms with Crippen LogP contribution in [0.2, 0.25) is 10.0 Å². The van der Waals surface area contributed by atoms with E-state index in [1.807, 2.05) is 0 Å². The Morgan fingerprint density at radius 2 is 1.70 bits per heavy atom. The predicted molar refractivity (Wildman–Crippen MR) is 75.4 cm³/mol. The van der Waals surface area contributed by atoms with Crippen molar-refractivity contribution in [2.24, 2.45) is 5.73 Å². The van der Waals surface area contributed by atoms with Crippen molar-refractivity contribution in [3.8, 4) is 5.75 Å². The Kier molecular flexibility index (Phi) is 4.48. The number of hydrogen-bond donors (Lipinski definition) is 1. The van der Waals surface area contributed by atoms with Gasteiger partial charge in [-0.25, -0.2) is 8.78 Å². The molecule has 0 amide bonds. The number of methoxy groups -OCH3 is 1. The van der Waals surface area contributed by atoms with Crippen LogP contribution in [0, 0.1) is 11.6 Å². The Morgan fingerprint density at radius 3 is 2.30 bits per heavy atom. The van der Waals surface area contributed by atoms with Gasteiger partial charge in [0.15, 0.2) is 0 Å². The third-order valence-electron chi connectivity index (χ3n) is 2.92. The van der Waals surface area contributed by atoms with Gasteiger partial charge in [0.2, 0.25) is 0 Å². The highest BCUT2D eigenvalue weighted by molar-refractivity contribution is 6.31. The predicted octanol–water partition coefficient (Wildman–Crippen LogP) is 4.33. The fraction of sp³-hybridized carbons (Fsp3) is 0.143. The van der Waals surface area contributed by atoms with Crippen molar-refractivity contribution in [3.63, 3.8) is 0 Å². The Morgan fingerprint density at radius 1 is 1.00 bits per heavy atom. The summed E-state index contributed by atoms with van der Waals surface area (Å²) in [6, 6.07) is 5.77. The maximum Gasteiger partial charge on any atom is 0.142 e. The molecule has 0 bridgehead atoms. The molecule has 0 saturated carbocycles. The summed E-state index contributed by atoms with van der Waals surface area (Å²) in [5.74, 6) is -0.868. The molecule has 0 fully saturated rings. The van der Waals surface area contributed by atoms with E-state index in [2.05, 4.69) is 0 Å². The molecule has 0 saturated heterocycles. The zero-order chi connectivity index (χ0) is 14.9. The largest absolute Gasteiger partial charge is 0.497 e. The van der Waals surface area contributed by atoms with E-state index < -0.39 is 17.7 Å². The Hall–Kier alpha value is -1.36. The molecular formula is C14H11Cl2F2NO. The topological polar surface area (TPSA) is 35.2 Å². The zero-order valence-corrected chi connectivity index (χ0v) is 12.0. The second-order valence-corrected chi connectivity index (χ2v) is 4.97. The van der Waals surface area contributed by atoms with E-state index in [1.54, 1.807) is 18.2 Å². The molecule has 0 aliphatic carbocycles. The molecule has 2 nitrogen and oxygen atoms in total. The summed E-state index contributed by atoms with van der Waals surface area (Å²) in [7, 11) is 1.50. The van der Waals surface area contributed by atoms with E-state index >= 15 is 0 Å². The van der Waals surface area contributed by atoms with Crippen molar-refractivity contribution in [3.05, 3.63) is 63.1 Å². The SMILES string of the molecule is COc1ccc(C(N)c2cc(F)c(Cl)cc2F)c(Cl)c1. The first kappa shape index (κ1) is 15.0. The highest BCUT2D eigenvalue weighted by Crippen LogP contribution is 2.32. The van der Waals surface area contributed by atoms with Gasteiger partial charge in [-0.15, -0.1) is 0 Å². The van der Waals surface area contributed by atoms with Gasteiger partial charge in [-0.05, 0) is 29.8 Å². The Bertz CT molecular complexity index is 649. The molecule has 2 aromatic rings. The molecule has 0 aliphatic heterocycles. The van der Waals surface area contributed by atoms with Gasteiger partial charge in [0.05, 0.1) is 18.2 Å². The number of nitrogens with two attached hydrogens (primary N) is 1. The quantitative estimate of drug-likeness (QED) is 0.855. The van der Waals surface area contributed by atoms with Crippen LogP contribution in [0.25, 0.3) is 0 Å². The van der Waals surface area contributed by atoms with E-state index in [1.165, 1.54) is 7.11 Å². The number of rotatable bonds is 3. The highest BCUT2D eigenvalue weighted by Gasteiger charge is 2.19. The fourth-order valence-electron chi connectivity index (χ4n) is 1.83. The smallest absolute Gasteiger partial charge is 0.142 e. The monoisotopic (exact) mass is 317 g/mol. The minimum atomic E-state index is -0.903. The maximum absolute atomic E-state index is 13.8. The molecule has 6 heteroatoms. The first-order chi connectivity index (χ1) is 9.43. The number of ether oxygens (including phenoxy) is 1. The normalized spacial score (nSPS) is 12.3. The van der Waals surface area contributed by atoms with Crippen molar-refractivity contribution in [2.75, 3.05) is 7.11 Å². The molecule has 106 valence electrons. The molecular weight excluding hydrogens is 307 g/mol. The summed E-state index contributed by atoms with van der Waals surface area (Å²) in [5, 5.41) is 0.0193. The van der Waals surface area contributed by atoms with Crippen molar-refractivity contribution < 1.29 is 13.5 Å². The van der Waals surface area contributed by atoms with Crippen molar-refractivity contribution in [2.45, 2.75) is 6.04 Å². The average Bonchev–Trinajstić information content (AvgIpc) is 2.42. The first-order valence-electron chi connectivity index (χ1n) is 5.67. The minimum absolute atomic E-state index is 0.0148. The van der Waals surface area contributed by atoms with Gasteiger partial charge in [0.1, 0.15) is 17.4 Å². The van der Waals surface area contributed by atoms with Gasteiger partial charge in [-0.3, -0.25) is 0 Å². The number of halogens is 4. The lowest BCUT2D eigenvalue weighted by Crippen LogP contribution is -2.14. The molecule has 0 aromatic heterocycles. The van der Waals surface area contributed by atoms with Crippen LogP contribution in [0.3, 0.4) is 0 Å². The highest BCUT2D eigenvalue weighted by atomic mass is 35.5. The summed E-state index contributed by atoms with van der Waals surface area (Å²) in [6.07, 6.45) is 0. The summed E-state index contributed by atoms with van der Waals surface area (Å²) < 4.78 is 32.3. The molecule has 0 spiro atoms. The third-order valence-corrected chi connectivity index (χ3v) is 3.53. The van der Waals surface area contributed by atoms with Gasteiger partial charge < -0.3 is 10.5 Å². The van der Waals surface area contributed by atoms with Crippen LogP contribution >= 0.6 is 23.2 Å². The number of hydrogen-bond acceptors (Lipinski definition) is 2. The van der Waals surface area contributed by atoms with Crippen molar-refractivity contribution in [1.29, 1.82) is 0 Å². The van der Waals surface area contributed by atoms with Crippen LogP contribution in [0.15, 0.2) is 30.3 Å². The van der Waals surface area contributed by atoms with Gasteiger partial charge in [0.25, 0.3) is 0 Å². The molecule has 2 rings (SSSR count). The van der Waals surface area contributed by atoms with Gasteiger partial charge in [0, 0.05) is 10.6 Å². The molecule has 1 atom stereocenters. The second-order valence-electron chi connectivity index (χ2n) is 4.15. The Labute approximate surface area is 125 Å². The first-order valence-corrected chi connectivity index (χ1v) is 6.43. The minimum Gasteiger partial charge on any atom is -0.497 e. The second kappa shape index (κ2) is 5.95. The maximum atomic E-state index is 13.8. The van der Waals surface area contributed by atoms with Crippen molar-refractivity contribution >= 4 is 23.2 Å². The van der Waals surface area contributed by atoms with Gasteiger partial charge >= 0.3 is 0 Å². The van der Waals surface area contributed by atoms with E-state index in [0.717, 1.165) is 12.1 Å². The molecule has 2 N–H and O–H groups in total. The standard InChI is InChI=1S/C14H11Cl2F2NO/c1-20-7-2-3-8(10(15)4-7)14(19)9-5-13(18)11(16)6-12(9)17/h2-6,14H,19H2,1H3. The molecule has 20 heavy (non-hydrogen) atoms. The molecule has 1 unspecified atom stereocenters. The van der Waals surface area contributed by atoms with Crippen LogP contribution in [-0.4, -0.2) is 7.11 Å². The van der Waals surface area contributed by atoms with Crippen LogP contribution in [0.1, 0.15) is 17.2 Å². The van der Waals surface area contributed by atoms with Crippen LogP contribution in [0.4, 0.5) is 8.78 Å². The lowest BCUT2D eigenvalue weighted by atomic mass is 9.99. The summed E-state index contributed by atoms with van der Waals surface area (Å²) in [4.78, 5) is 0. The van der Waals surface area contributed by atoms with Crippen LogP contribution in [0.5, 0.6) is 5.75 Å². The van der Waals surface area contributed by atoms with Crippen molar-refractivity contribution in [1.82, 2.24) is 0 Å². The van der Waals surface area contributed by atoms with Crippen LogP contribution < -0.4 is 10.5 Å². The van der Waals surface area contributed by atoms with Gasteiger partial charge in [-0.1, -0.05) is 29.3 Å². The molecule has 0 radical (unpaired) electrons. The summed E-state index contributed by atoms with van der Waals surface area (Å²) in [6.45, 7) is 0. The summed E-state index contributed by atoms with van der Waals surface area (Å²) in [5.41, 5.74) is 6.40. The lowest BCUT2D eigenvalue weighted by Gasteiger charge is -2.16. The van der Waals surface area contributed by atoms with E-state index in [-0.39, 0.29) is 10.6 Å². The molecule has 0 aliphatic rings. The summed E-state index contributed by atoms with van der Waals surface area (Å²) >= 11 is 11.6.